The Kier molecular flexibility index (Phi) is 5.43. The second-order valence-electron chi connectivity index (χ2n) is 6.29. The van der Waals surface area contributed by atoms with Crippen LogP contribution in [0, 0.1) is 16.0 Å². The number of nitrogens with zero attached hydrogens (tertiary/aromatic N) is 2. The van der Waals surface area contributed by atoms with Crippen LogP contribution in [0.3, 0.4) is 0 Å². The predicted molar refractivity (Wildman–Crippen MR) is 93.0 cm³/mol. The van der Waals surface area contributed by atoms with Crippen molar-refractivity contribution in [2.75, 3.05) is 19.7 Å². The van der Waals surface area contributed by atoms with Crippen LogP contribution < -0.4 is 4.74 Å². The van der Waals surface area contributed by atoms with Crippen LogP contribution in [0.25, 0.3) is 0 Å². The van der Waals surface area contributed by atoms with Crippen LogP contribution >= 0.6 is 0 Å². The molecule has 126 valence electrons. The van der Waals surface area contributed by atoms with Crippen molar-refractivity contribution in [3.63, 3.8) is 0 Å². The van der Waals surface area contributed by atoms with Gasteiger partial charge in [-0.05, 0) is 37.1 Å². The van der Waals surface area contributed by atoms with Gasteiger partial charge in [0.1, 0.15) is 5.75 Å². The van der Waals surface area contributed by atoms with Crippen molar-refractivity contribution in [1.29, 1.82) is 0 Å². The van der Waals surface area contributed by atoms with Gasteiger partial charge in [0, 0.05) is 31.1 Å². The molecule has 0 N–H and O–H groups in total. The first-order valence-corrected chi connectivity index (χ1v) is 8.34. The molecule has 1 aliphatic rings. The smallest absolute Gasteiger partial charge is 0.269 e. The molecule has 0 aromatic heterocycles. The fraction of sp³-hybridized carbons (Fsp3) is 0.368. The topological polar surface area (TPSA) is 55.6 Å². The van der Waals surface area contributed by atoms with Gasteiger partial charge in [-0.15, -0.1) is 0 Å². The van der Waals surface area contributed by atoms with Gasteiger partial charge in [-0.1, -0.05) is 30.3 Å². The maximum absolute atomic E-state index is 10.7. The van der Waals surface area contributed by atoms with E-state index in [1.54, 1.807) is 12.1 Å². The molecule has 0 aliphatic carbocycles. The number of likely N-dealkylation sites (tertiary alicyclic amines) is 1. The van der Waals surface area contributed by atoms with E-state index in [0.29, 0.717) is 5.92 Å². The van der Waals surface area contributed by atoms with Crippen molar-refractivity contribution in [2.45, 2.75) is 19.4 Å². The summed E-state index contributed by atoms with van der Waals surface area (Å²) in [5.74, 6) is 1.45. The van der Waals surface area contributed by atoms with Crippen LogP contribution in [0.15, 0.2) is 54.6 Å². The molecule has 2 aromatic carbocycles. The maximum atomic E-state index is 10.7. The standard InChI is InChI=1S/C19H22N2O3/c22-21(23)18-10-8-16(9-11-18)13-20-12-4-5-17(14-20)15-24-19-6-2-1-3-7-19/h1-3,6-11,17H,4-5,12-15H2. The van der Waals surface area contributed by atoms with Gasteiger partial charge in [-0.25, -0.2) is 0 Å². The number of nitro benzene ring substituents is 1. The van der Waals surface area contributed by atoms with E-state index < -0.39 is 0 Å². The minimum Gasteiger partial charge on any atom is -0.493 e. The zero-order chi connectivity index (χ0) is 16.8. The summed E-state index contributed by atoms with van der Waals surface area (Å²) < 4.78 is 5.88. The zero-order valence-corrected chi connectivity index (χ0v) is 13.6. The van der Waals surface area contributed by atoms with Gasteiger partial charge in [-0.2, -0.15) is 0 Å². The van der Waals surface area contributed by atoms with E-state index in [1.807, 2.05) is 42.5 Å². The molecule has 3 rings (SSSR count). The molecule has 1 heterocycles. The van der Waals surface area contributed by atoms with Crippen molar-refractivity contribution >= 4 is 5.69 Å². The SMILES string of the molecule is O=[N+]([O-])c1ccc(CN2CCCC(COc3ccccc3)C2)cc1. The Labute approximate surface area is 142 Å². The monoisotopic (exact) mass is 326 g/mol. The van der Waals surface area contributed by atoms with Gasteiger partial charge in [-0.3, -0.25) is 15.0 Å². The average Bonchev–Trinajstić information content (AvgIpc) is 2.62. The lowest BCUT2D eigenvalue weighted by atomic mass is 9.98. The van der Waals surface area contributed by atoms with Crippen molar-refractivity contribution < 1.29 is 9.66 Å². The Balaban J connectivity index is 1.50. The summed E-state index contributed by atoms with van der Waals surface area (Å²) in [7, 11) is 0. The molecule has 1 unspecified atom stereocenters. The molecule has 1 fully saturated rings. The third-order valence-electron chi connectivity index (χ3n) is 4.39. The van der Waals surface area contributed by atoms with Gasteiger partial charge in [0.25, 0.3) is 5.69 Å². The van der Waals surface area contributed by atoms with Gasteiger partial charge < -0.3 is 4.74 Å². The normalized spacial score (nSPS) is 18.2. The minimum atomic E-state index is -0.359. The molecular formula is C19H22N2O3. The van der Waals surface area contributed by atoms with E-state index in [1.165, 1.54) is 6.42 Å². The second kappa shape index (κ2) is 7.93. The molecule has 24 heavy (non-hydrogen) atoms. The number of hydrogen-bond acceptors (Lipinski definition) is 4. The number of hydrogen-bond donors (Lipinski definition) is 0. The molecule has 2 aromatic rings. The number of nitro groups is 1. The van der Waals surface area contributed by atoms with Gasteiger partial charge in [0.2, 0.25) is 0 Å². The third kappa shape index (κ3) is 4.55. The quantitative estimate of drug-likeness (QED) is 0.597. The highest BCUT2D eigenvalue weighted by molar-refractivity contribution is 5.32. The first kappa shape index (κ1) is 16.5. The largest absolute Gasteiger partial charge is 0.493 e. The summed E-state index contributed by atoms with van der Waals surface area (Å²) in [5.41, 5.74) is 1.26. The number of rotatable bonds is 6. The fourth-order valence-corrected chi connectivity index (χ4v) is 3.14. The van der Waals surface area contributed by atoms with E-state index in [2.05, 4.69) is 4.90 Å². The third-order valence-corrected chi connectivity index (χ3v) is 4.39. The highest BCUT2D eigenvalue weighted by Gasteiger charge is 2.20. The summed E-state index contributed by atoms with van der Waals surface area (Å²) >= 11 is 0. The summed E-state index contributed by atoms with van der Waals surface area (Å²) in [6, 6.07) is 16.8. The lowest BCUT2D eigenvalue weighted by molar-refractivity contribution is -0.384. The van der Waals surface area contributed by atoms with E-state index in [9.17, 15) is 10.1 Å². The summed E-state index contributed by atoms with van der Waals surface area (Å²) in [5, 5.41) is 10.7. The van der Waals surface area contributed by atoms with E-state index >= 15 is 0 Å². The molecule has 0 saturated carbocycles. The summed E-state index contributed by atoms with van der Waals surface area (Å²) in [6.07, 6.45) is 2.35. The molecule has 0 spiro atoms. The molecule has 0 radical (unpaired) electrons. The molecule has 0 bridgehead atoms. The summed E-state index contributed by atoms with van der Waals surface area (Å²) in [6.45, 7) is 3.64. The van der Waals surface area contributed by atoms with Crippen LogP contribution in [0.1, 0.15) is 18.4 Å². The molecule has 1 aliphatic heterocycles. The first-order chi connectivity index (χ1) is 11.7. The maximum Gasteiger partial charge on any atom is 0.269 e. The van der Waals surface area contributed by atoms with Gasteiger partial charge in [0.15, 0.2) is 0 Å². The van der Waals surface area contributed by atoms with Crippen molar-refractivity contribution in [3.05, 3.63) is 70.3 Å². The van der Waals surface area contributed by atoms with Gasteiger partial charge >= 0.3 is 0 Å². The average molecular weight is 326 g/mol. The van der Waals surface area contributed by atoms with Crippen molar-refractivity contribution in [1.82, 2.24) is 4.90 Å². The van der Waals surface area contributed by atoms with Crippen LogP contribution in [-0.2, 0) is 6.54 Å². The minimum absolute atomic E-state index is 0.145. The number of ether oxygens (including phenoxy) is 1. The van der Waals surface area contributed by atoms with Crippen LogP contribution in [0.4, 0.5) is 5.69 Å². The Morgan fingerprint density at radius 1 is 1.12 bits per heavy atom. The van der Waals surface area contributed by atoms with Crippen LogP contribution in [-0.4, -0.2) is 29.5 Å². The highest BCUT2D eigenvalue weighted by atomic mass is 16.6. The Hall–Kier alpha value is -2.40. The summed E-state index contributed by atoms with van der Waals surface area (Å²) in [4.78, 5) is 12.8. The number of piperidine rings is 1. The Morgan fingerprint density at radius 2 is 1.88 bits per heavy atom. The predicted octanol–water partition coefficient (Wildman–Crippen LogP) is 3.89. The van der Waals surface area contributed by atoms with Crippen molar-refractivity contribution in [2.24, 2.45) is 5.92 Å². The van der Waals surface area contributed by atoms with Gasteiger partial charge in [0.05, 0.1) is 11.5 Å². The van der Waals surface area contributed by atoms with E-state index in [0.717, 1.165) is 44.0 Å². The Morgan fingerprint density at radius 3 is 2.58 bits per heavy atom. The number of para-hydroxylation sites is 1. The Bertz CT molecular complexity index is 658. The molecular weight excluding hydrogens is 304 g/mol. The zero-order valence-electron chi connectivity index (χ0n) is 13.6. The lowest BCUT2D eigenvalue weighted by Crippen LogP contribution is -2.37. The number of benzene rings is 2. The first-order valence-electron chi connectivity index (χ1n) is 8.34. The van der Waals surface area contributed by atoms with E-state index in [4.69, 9.17) is 4.74 Å². The van der Waals surface area contributed by atoms with E-state index in [-0.39, 0.29) is 10.6 Å². The molecule has 1 atom stereocenters. The van der Waals surface area contributed by atoms with Crippen LogP contribution in [0.2, 0.25) is 0 Å². The molecule has 1 saturated heterocycles. The molecule has 5 heteroatoms. The van der Waals surface area contributed by atoms with Crippen LogP contribution in [0.5, 0.6) is 5.75 Å². The number of non-ortho nitro benzene ring substituents is 1. The fourth-order valence-electron chi connectivity index (χ4n) is 3.14. The second-order valence-corrected chi connectivity index (χ2v) is 6.29. The molecule has 5 nitrogen and oxygen atoms in total. The highest BCUT2D eigenvalue weighted by Crippen LogP contribution is 2.21. The lowest BCUT2D eigenvalue weighted by Gasteiger charge is -2.32. The van der Waals surface area contributed by atoms with Crippen molar-refractivity contribution in [3.8, 4) is 5.75 Å². The molecule has 0 amide bonds.